The van der Waals surface area contributed by atoms with E-state index in [0.717, 1.165) is 19.1 Å². The molecule has 3 saturated heterocycles. The molecule has 19 heavy (non-hydrogen) atoms. The van der Waals surface area contributed by atoms with Crippen LogP contribution < -0.4 is 0 Å². The van der Waals surface area contributed by atoms with Crippen molar-refractivity contribution in [3.05, 3.63) is 35.9 Å². The Morgan fingerprint density at radius 3 is 2.89 bits per heavy atom. The highest BCUT2D eigenvalue weighted by molar-refractivity contribution is 5.13. The molecule has 3 aliphatic heterocycles. The molecule has 1 aliphatic carbocycles. The van der Waals surface area contributed by atoms with E-state index in [9.17, 15) is 0 Å². The number of benzene rings is 1. The molecule has 0 amide bonds. The van der Waals surface area contributed by atoms with E-state index < -0.39 is 0 Å². The first kappa shape index (κ1) is 11.9. The van der Waals surface area contributed by atoms with Gasteiger partial charge in [-0.05, 0) is 31.2 Å². The molecule has 4 fully saturated rings. The van der Waals surface area contributed by atoms with Gasteiger partial charge in [-0.2, -0.15) is 5.06 Å². The van der Waals surface area contributed by atoms with Crippen LogP contribution in [0.2, 0.25) is 0 Å². The number of fused-ring (bicyclic) bond motifs is 1. The van der Waals surface area contributed by atoms with Gasteiger partial charge < -0.3 is 4.74 Å². The molecular weight excluding hydrogens is 238 g/mol. The molecule has 4 aliphatic rings. The van der Waals surface area contributed by atoms with Crippen molar-refractivity contribution in [2.24, 2.45) is 11.8 Å². The standard InChI is InChI=1S/C16H21NO2/c1-11-14-7-13-8-15(16(14)17(9-13)19-11)18-10-12-5-3-2-4-6-12/h2-6,11,13-16H,7-10H2,1H3/t11-,13-,14-,15-,16?/m0/s1. The van der Waals surface area contributed by atoms with Crippen LogP contribution in [0.15, 0.2) is 30.3 Å². The Morgan fingerprint density at radius 2 is 2.11 bits per heavy atom. The highest BCUT2D eigenvalue weighted by Gasteiger charge is 2.54. The van der Waals surface area contributed by atoms with Gasteiger partial charge in [-0.15, -0.1) is 0 Å². The van der Waals surface area contributed by atoms with Crippen LogP contribution in [-0.4, -0.2) is 29.9 Å². The largest absolute Gasteiger partial charge is 0.372 e. The summed E-state index contributed by atoms with van der Waals surface area (Å²) in [6.07, 6.45) is 3.26. The number of hydroxylamine groups is 2. The first-order valence-corrected chi connectivity index (χ1v) is 7.40. The summed E-state index contributed by atoms with van der Waals surface area (Å²) < 4.78 is 6.21. The first-order valence-electron chi connectivity index (χ1n) is 7.40. The molecule has 6 atom stereocenters. The van der Waals surface area contributed by atoms with Crippen LogP contribution in [-0.2, 0) is 16.2 Å². The molecule has 1 aromatic rings. The number of hydrogen-bond donors (Lipinski definition) is 0. The number of rotatable bonds is 3. The minimum atomic E-state index is 0.350. The maximum absolute atomic E-state index is 6.21. The summed E-state index contributed by atoms with van der Waals surface area (Å²) >= 11 is 0. The number of ether oxygens (including phenoxy) is 1. The predicted molar refractivity (Wildman–Crippen MR) is 72.3 cm³/mol. The van der Waals surface area contributed by atoms with E-state index in [1.165, 1.54) is 18.4 Å². The van der Waals surface area contributed by atoms with Crippen LogP contribution in [0.5, 0.6) is 0 Å². The monoisotopic (exact) mass is 259 g/mol. The van der Waals surface area contributed by atoms with Crippen molar-refractivity contribution in [3.8, 4) is 0 Å². The summed E-state index contributed by atoms with van der Waals surface area (Å²) in [5.41, 5.74) is 1.26. The second kappa shape index (κ2) is 4.58. The number of hydrogen-bond acceptors (Lipinski definition) is 3. The van der Waals surface area contributed by atoms with Crippen molar-refractivity contribution in [3.63, 3.8) is 0 Å². The summed E-state index contributed by atoms with van der Waals surface area (Å²) in [6, 6.07) is 11.0. The van der Waals surface area contributed by atoms with Gasteiger partial charge in [0.25, 0.3) is 0 Å². The highest BCUT2D eigenvalue weighted by atomic mass is 16.7. The Labute approximate surface area is 114 Å². The molecular formula is C16H21NO2. The van der Waals surface area contributed by atoms with Crippen LogP contribution in [0.4, 0.5) is 0 Å². The minimum absolute atomic E-state index is 0.350. The lowest BCUT2D eigenvalue weighted by molar-refractivity contribution is -0.210. The summed E-state index contributed by atoms with van der Waals surface area (Å²) in [4.78, 5) is 5.95. The zero-order valence-corrected chi connectivity index (χ0v) is 11.4. The van der Waals surface area contributed by atoms with Crippen molar-refractivity contribution in [1.82, 2.24) is 5.06 Å². The maximum Gasteiger partial charge on any atom is 0.0810 e. The highest BCUT2D eigenvalue weighted by Crippen LogP contribution is 2.47. The van der Waals surface area contributed by atoms with Crippen molar-refractivity contribution in [1.29, 1.82) is 0 Å². The van der Waals surface area contributed by atoms with E-state index in [1.807, 2.05) is 6.07 Å². The molecule has 0 radical (unpaired) electrons. The Balaban J connectivity index is 1.45. The van der Waals surface area contributed by atoms with Crippen molar-refractivity contribution in [2.75, 3.05) is 6.54 Å². The molecule has 1 aromatic carbocycles. The smallest absolute Gasteiger partial charge is 0.0810 e. The molecule has 3 nitrogen and oxygen atoms in total. The molecule has 2 unspecified atom stereocenters. The normalized spacial score (nSPS) is 43.6. The van der Waals surface area contributed by atoms with Gasteiger partial charge in [-0.1, -0.05) is 30.3 Å². The Bertz CT molecular complexity index is 447. The summed E-state index contributed by atoms with van der Waals surface area (Å²) in [6.45, 7) is 4.04. The molecule has 3 heterocycles. The van der Waals surface area contributed by atoms with Gasteiger partial charge in [0.2, 0.25) is 0 Å². The van der Waals surface area contributed by atoms with Gasteiger partial charge in [0, 0.05) is 12.5 Å². The van der Waals surface area contributed by atoms with Gasteiger partial charge >= 0.3 is 0 Å². The SMILES string of the molecule is C[C@@H]1ON2C[C@@H]3C[C@H](OCc4ccccc4)C2[C@H]1C3. The molecule has 3 heteroatoms. The third-order valence-corrected chi connectivity index (χ3v) is 4.97. The Morgan fingerprint density at radius 1 is 1.26 bits per heavy atom. The summed E-state index contributed by atoms with van der Waals surface area (Å²) in [5, 5.41) is 2.21. The Hall–Kier alpha value is -0.900. The lowest BCUT2D eigenvalue weighted by atomic mass is 9.71. The van der Waals surface area contributed by atoms with Crippen LogP contribution in [0, 0.1) is 11.8 Å². The molecule has 102 valence electrons. The van der Waals surface area contributed by atoms with Crippen LogP contribution >= 0.6 is 0 Å². The summed E-state index contributed by atoms with van der Waals surface area (Å²) in [7, 11) is 0. The second-order valence-corrected chi connectivity index (χ2v) is 6.24. The molecule has 4 bridgehead atoms. The zero-order chi connectivity index (χ0) is 12.8. The molecule has 1 saturated carbocycles. The first-order chi connectivity index (χ1) is 9.31. The Kier molecular flexibility index (Phi) is 2.87. The average molecular weight is 259 g/mol. The van der Waals surface area contributed by atoms with Crippen LogP contribution in [0.25, 0.3) is 0 Å². The van der Waals surface area contributed by atoms with E-state index in [2.05, 4.69) is 36.3 Å². The van der Waals surface area contributed by atoms with Gasteiger partial charge in [-0.3, -0.25) is 4.84 Å². The van der Waals surface area contributed by atoms with Crippen molar-refractivity contribution >= 4 is 0 Å². The molecule has 0 N–H and O–H groups in total. The molecule has 0 spiro atoms. The second-order valence-electron chi connectivity index (χ2n) is 6.24. The van der Waals surface area contributed by atoms with Crippen LogP contribution in [0.3, 0.4) is 0 Å². The fourth-order valence-corrected chi connectivity index (χ4v) is 4.11. The fourth-order valence-electron chi connectivity index (χ4n) is 4.11. The lowest BCUT2D eigenvalue weighted by Gasteiger charge is -2.46. The van der Waals surface area contributed by atoms with Crippen molar-refractivity contribution in [2.45, 2.75) is 44.6 Å². The van der Waals surface area contributed by atoms with E-state index >= 15 is 0 Å². The van der Waals surface area contributed by atoms with Gasteiger partial charge in [0.1, 0.15) is 0 Å². The zero-order valence-electron chi connectivity index (χ0n) is 11.4. The molecule has 0 aromatic heterocycles. The van der Waals surface area contributed by atoms with Gasteiger partial charge in [-0.25, -0.2) is 0 Å². The number of nitrogens with zero attached hydrogens (tertiary/aromatic N) is 1. The van der Waals surface area contributed by atoms with Crippen LogP contribution in [0.1, 0.15) is 25.3 Å². The topological polar surface area (TPSA) is 21.7 Å². The van der Waals surface area contributed by atoms with Crippen molar-refractivity contribution < 1.29 is 9.57 Å². The van der Waals surface area contributed by atoms with E-state index in [4.69, 9.17) is 9.57 Å². The predicted octanol–water partition coefficient (Wildman–Crippen LogP) is 2.62. The maximum atomic E-state index is 6.21. The van der Waals surface area contributed by atoms with Gasteiger partial charge in [0.15, 0.2) is 0 Å². The van der Waals surface area contributed by atoms with E-state index in [0.29, 0.717) is 24.2 Å². The average Bonchev–Trinajstić information content (AvgIpc) is 2.68. The third-order valence-electron chi connectivity index (χ3n) is 4.97. The number of piperidine rings is 2. The molecule has 5 rings (SSSR count). The van der Waals surface area contributed by atoms with E-state index in [-0.39, 0.29) is 0 Å². The van der Waals surface area contributed by atoms with E-state index in [1.54, 1.807) is 0 Å². The third kappa shape index (κ3) is 2.00. The lowest BCUT2D eigenvalue weighted by Crippen LogP contribution is -2.56. The minimum Gasteiger partial charge on any atom is -0.372 e. The quantitative estimate of drug-likeness (QED) is 0.833. The summed E-state index contributed by atoms with van der Waals surface area (Å²) in [5.74, 6) is 1.44. The fraction of sp³-hybridized carbons (Fsp3) is 0.625. The van der Waals surface area contributed by atoms with Gasteiger partial charge in [0.05, 0.1) is 24.9 Å².